The fraction of sp³-hybridized carbons (Fsp3) is 0.500. The van der Waals surface area contributed by atoms with Gasteiger partial charge in [0.2, 0.25) is 5.91 Å². The molecular formula is C14H18F3NO. The Morgan fingerprint density at radius 3 is 2.11 bits per heavy atom. The van der Waals surface area contributed by atoms with Gasteiger partial charge >= 0.3 is 6.18 Å². The topological polar surface area (TPSA) is 29.1 Å². The molecule has 0 aliphatic heterocycles. The largest absolute Gasteiger partial charge is 0.416 e. The summed E-state index contributed by atoms with van der Waals surface area (Å²) in [6.07, 6.45) is -4.25. The van der Waals surface area contributed by atoms with Crippen molar-refractivity contribution in [2.24, 2.45) is 5.92 Å². The molecule has 0 heterocycles. The quantitative estimate of drug-likeness (QED) is 0.895. The number of carbonyl (C=O) groups excluding carboxylic acids is 1. The van der Waals surface area contributed by atoms with E-state index < -0.39 is 11.7 Å². The summed E-state index contributed by atoms with van der Waals surface area (Å²) >= 11 is 0. The van der Waals surface area contributed by atoms with Crippen LogP contribution in [0, 0.1) is 5.92 Å². The number of halogens is 3. The van der Waals surface area contributed by atoms with Crippen LogP contribution in [0.15, 0.2) is 24.3 Å². The zero-order valence-electron chi connectivity index (χ0n) is 11.2. The van der Waals surface area contributed by atoms with Gasteiger partial charge in [-0.05, 0) is 30.5 Å². The van der Waals surface area contributed by atoms with E-state index >= 15 is 0 Å². The summed E-state index contributed by atoms with van der Waals surface area (Å²) in [7, 11) is 0. The van der Waals surface area contributed by atoms with E-state index in [0.717, 1.165) is 12.1 Å². The first-order valence-corrected chi connectivity index (χ1v) is 6.15. The van der Waals surface area contributed by atoms with Gasteiger partial charge in [-0.2, -0.15) is 13.2 Å². The Labute approximate surface area is 111 Å². The molecule has 0 saturated heterocycles. The number of hydrogen-bond donors (Lipinski definition) is 1. The molecule has 0 aliphatic rings. The van der Waals surface area contributed by atoms with Crippen LogP contribution in [-0.4, -0.2) is 11.9 Å². The van der Waals surface area contributed by atoms with Gasteiger partial charge in [-0.15, -0.1) is 0 Å². The Hall–Kier alpha value is -1.52. The molecule has 0 spiro atoms. The highest BCUT2D eigenvalue weighted by Gasteiger charge is 2.29. The minimum atomic E-state index is -4.34. The van der Waals surface area contributed by atoms with Crippen LogP contribution in [0.5, 0.6) is 0 Å². The van der Waals surface area contributed by atoms with Gasteiger partial charge in [-0.25, -0.2) is 0 Å². The molecule has 1 atom stereocenters. The Kier molecular flexibility index (Phi) is 4.97. The molecule has 1 N–H and O–H groups in total. The summed E-state index contributed by atoms with van der Waals surface area (Å²) in [6, 6.07) is 4.70. The minimum absolute atomic E-state index is 0.0435. The molecule has 1 rings (SSSR count). The second kappa shape index (κ2) is 6.08. The molecule has 0 aromatic heterocycles. The van der Waals surface area contributed by atoms with Crippen LogP contribution in [0.2, 0.25) is 0 Å². The lowest BCUT2D eigenvalue weighted by molar-refractivity contribution is -0.137. The Balaban J connectivity index is 2.61. The van der Waals surface area contributed by atoms with E-state index in [-0.39, 0.29) is 18.4 Å². The summed E-state index contributed by atoms with van der Waals surface area (Å²) in [5, 5.41) is 2.81. The van der Waals surface area contributed by atoms with Crippen LogP contribution in [-0.2, 0) is 17.4 Å². The monoisotopic (exact) mass is 273 g/mol. The lowest BCUT2D eigenvalue weighted by atomic mass is 10.1. The highest BCUT2D eigenvalue weighted by atomic mass is 19.4. The summed E-state index contributed by atoms with van der Waals surface area (Å²) in [5.41, 5.74) is -0.131. The number of hydrogen-bond acceptors (Lipinski definition) is 1. The SMILES string of the molecule is CC(C)C(C)NC(=O)Cc1ccc(C(F)(F)F)cc1. The van der Waals surface area contributed by atoms with Crippen molar-refractivity contribution in [1.29, 1.82) is 0 Å². The van der Waals surface area contributed by atoms with E-state index in [1.54, 1.807) is 0 Å². The lowest BCUT2D eigenvalue weighted by Crippen LogP contribution is -2.37. The van der Waals surface area contributed by atoms with E-state index in [4.69, 9.17) is 0 Å². The third-order valence-corrected chi connectivity index (χ3v) is 3.03. The summed E-state index contributed by atoms with van der Waals surface area (Å²) in [6.45, 7) is 5.88. The molecule has 5 heteroatoms. The molecule has 19 heavy (non-hydrogen) atoms. The first kappa shape index (κ1) is 15.5. The number of nitrogens with one attached hydrogen (secondary N) is 1. The fourth-order valence-electron chi connectivity index (χ4n) is 1.47. The van der Waals surface area contributed by atoms with Crippen molar-refractivity contribution in [3.05, 3.63) is 35.4 Å². The maximum Gasteiger partial charge on any atom is 0.416 e. The van der Waals surface area contributed by atoms with Crippen LogP contribution < -0.4 is 5.32 Å². The molecule has 1 aromatic rings. The molecular weight excluding hydrogens is 255 g/mol. The van der Waals surface area contributed by atoms with Gasteiger partial charge in [-0.1, -0.05) is 26.0 Å². The maximum absolute atomic E-state index is 12.4. The van der Waals surface area contributed by atoms with Gasteiger partial charge < -0.3 is 5.32 Å². The van der Waals surface area contributed by atoms with Crippen LogP contribution in [0.25, 0.3) is 0 Å². The second-order valence-electron chi connectivity index (χ2n) is 4.97. The zero-order valence-corrected chi connectivity index (χ0v) is 11.2. The van der Waals surface area contributed by atoms with Crippen molar-refractivity contribution in [2.75, 3.05) is 0 Å². The fourth-order valence-corrected chi connectivity index (χ4v) is 1.47. The number of amides is 1. The van der Waals surface area contributed by atoms with Gasteiger partial charge in [-0.3, -0.25) is 4.79 Å². The van der Waals surface area contributed by atoms with Crippen molar-refractivity contribution in [1.82, 2.24) is 5.32 Å². The van der Waals surface area contributed by atoms with Crippen molar-refractivity contribution in [3.63, 3.8) is 0 Å². The molecule has 1 unspecified atom stereocenters. The molecule has 2 nitrogen and oxygen atoms in total. The molecule has 0 saturated carbocycles. The Bertz CT molecular complexity index is 423. The molecule has 0 bridgehead atoms. The predicted molar refractivity (Wildman–Crippen MR) is 67.6 cm³/mol. The molecule has 0 radical (unpaired) electrons. The predicted octanol–water partition coefficient (Wildman–Crippen LogP) is 3.41. The standard InChI is InChI=1S/C14H18F3NO/c1-9(2)10(3)18-13(19)8-11-4-6-12(7-5-11)14(15,16)17/h4-7,9-10H,8H2,1-3H3,(H,18,19). The van der Waals surface area contributed by atoms with Gasteiger partial charge in [0.05, 0.1) is 12.0 Å². The Morgan fingerprint density at radius 1 is 1.16 bits per heavy atom. The number of alkyl halides is 3. The normalized spacial score (nSPS) is 13.4. The summed E-state index contributed by atoms with van der Waals surface area (Å²) in [4.78, 5) is 11.7. The van der Waals surface area contributed by atoms with E-state index in [9.17, 15) is 18.0 Å². The molecule has 0 aliphatic carbocycles. The minimum Gasteiger partial charge on any atom is -0.353 e. The van der Waals surface area contributed by atoms with E-state index in [0.29, 0.717) is 11.5 Å². The van der Waals surface area contributed by atoms with Gasteiger partial charge in [0.1, 0.15) is 0 Å². The lowest BCUT2D eigenvalue weighted by Gasteiger charge is -2.17. The van der Waals surface area contributed by atoms with Crippen LogP contribution in [0.4, 0.5) is 13.2 Å². The molecule has 106 valence electrons. The molecule has 0 fully saturated rings. The number of rotatable bonds is 4. The van der Waals surface area contributed by atoms with Gasteiger partial charge in [0.25, 0.3) is 0 Å². The van der Waals surface area contributed by atoms with Crippen LogP contribution in [0.3, 0.4) is 0 Å². The first-order chi connectivity index (χ1) is 8.70. The summed E-state index contributed by atoms with van der Waals surface area (Å²) < 4.78 is 37.1. The van der Waals surface area contributed by atoms with Gasteiger partial charge in [0.15, 0.2) is 0 Å². The second-order valence-corrected chi connectivity index (χ2v) is 4.97. The van der Waals surface area contributed by atoms with Crippen LogP contribution in [0.1, 0.15) is 31.9 Å². The average Bonchev–Trinajstić information content (AvgIpc) is 2.28. The average molecular weight is 273 g/mol. The van der Waals surface area contributed by atoms with Crippen molar-refractivity contribution in [2.45, 2.75) is 39.4 Å². The zero-order chi connectivity index (χ0) is 14.6. The van der Waals surface area contributed by atoms with E-state index in [1.165, 1.54) is 12.1 Å². The molecule has 1 aromatic carbocycles. The third kappa shape index (κ3) is 4.93. The number of carbonyl (C=O) groups is 1. The highest BCUT2D eigenvalue weighted by Crippen LogP contribution is 2.29. The Morgan fingerprint density at radius 2 is 1.68 bits per heavy atom. The highest BCUT2D eigenvalue weighted by molar-refractivity contribution is 5.78. The first-order valence-electron chi connectivity index (χ1n) is 6.15. The number of benzene rings is 1. The summed E-state index contributed by atoms with van der Waals surface area (Å²) in [5.74, 6) is 0.137. The van der Waals surface area contributed by atoms with Crippen molar-refractivity contribution in [3.8, 4) is 0 Å². The van der Waals surface area contributed by atoms with E-state index in [1.807, 2.05) is 20.8 Å². The maximum atomic E-state index is 12.4. The van der Waals surface area contributed by atoms with E-state index in [2.05, 4.69) is 5.32 Å². The smallest absolute Gasteiger partial charge is 0.353 e. The van der Waals surface area contributed by atoms with Crippen molar-refractivity contribution < 1.29 is 18.0 Å². The van der Waals surface area contributed by atoms with Crippen LogP contribution >= 0.6 is 0 Å². The molecule has 1 amide bonds. The van der Waals surface area contributed by atoms with Crippen molar-refractivity contribution >= 4 is 5.91 Å². The van der Waals surface area contributed by atoms with Gasteiger partial charge in [0, 0.05) is 6.04 Å². The third-order valence-electron chi connectivity index (χ3n) is 3.03.